The van der Waals surface area contributed by atoms with E-state index in [0.29, 0.717) is 0 Å². The number of aromatic nitrogens is 1. The first-order chi connectivity index (χ1) is 33.7. The normalized spacial score (nSPS) is 14.0. The molecule has 320 valence electrons. The summed E-state index contributed by atoms with van der Waals surface area (Å²) in [7, 11) is 0. The molecule has 1 atom stereocenters. The van der Waals surface area contributed by atoms with E-state index in [1.165, 1.54) is 91.2 Å². The van der Waals surface area contributed by atoms with Gasteiger partial charge in [-0.05, 0) is 136 Å². The zero-order chi connectivity index (χ0) is 44.7. The molecule has 11 aromatic carbocycles. The molecular formula is C64H43N3S. The molecule has 0 bridgehead atoms. The molecule has 0 saturated heterocycles. The van der Waals surface area contributed by atoms with E-state index >= 15 is 0 Å². The molecule has 2 aromatic heterocycles. The molecule has 1 aliphatic rings. The molecule has 68 heavy (non-hydrogen) atoms. The largest absolute Gasteiger partial charge is 0.314 e. The molecule has 0 aliphatic heterocycles. The summed E-state index contributed by atoms with van der Waals surface area (Å²) in [4.78, 5) is 4.95. The summed E-state index contributed by atoms with van der Waals surface area (Å²) in [6.45, 7) is 0. The molecule has 14 rings (SSSR count). The lowest BCUT2D eigenvalue weighted by molar-refractivity contribution is 0.774. The van der Waals surface area contributed by atoms with Gasteiger partial charge in [0.1, 0.15) is 0 Å². The molecule has 1 aliphatic carbocycles. The second-order valence-corrected chi connectivity index (χ2v) is 19.1. The number of anilines is 5. The van der Waals surface area contributed by atoms with Gasteiger partial charge in [0.2, 0.25) is 0 Å². The summed E-state index contributed by atoms with van der Waals surface area (Å²) in [5, 5.41) is 12.8. The lowest BCUT2D eigenvalue weighted by Crippen LogP contribution is -2.23. The second-order valence-electron chi connectivity index (χ2n) is 18.0. The molecule has 0 saturated carbocycles. The Kier molecular flexibility index (Phi) is 8.89. The maximum absolute atomic E-state index is 2.50. The summed E-state index contributed by atoms with van der Waals surface area (Å²) in [6, 6.07) is 83.0. The van der Waals surface area contributed by atoms with E-state index in [-0.39, 0.29) is 5.92 Å². The van der Waals surface area contributed by atoms with E-state index in [1.54, 1.807) is 0 Å². The standard InChI is InChI=1S/C64H43N3S/c1-4-19-46(20-5-1)65(58-36-33-44-31-30-42-16-14-17-43-32-35-53(58)64(44)63(42)43)49-25-15-18-45(38-49)51-26-10-12-28-57(51)66(47-21-6-2-7-22-47)50-34-37-59-54(39-50)55-41-62-56(52-27-11-13-29-61(52)68-62)40-60(55)67(59)48-23-8-3-9-24-48/h1-25,27-41,51H,26H2. The van der Waals surface area contributed by atoms with Crippen LogP contribution in [0.3, 0.4) is 0 Å². The summed E-state index contributed by atoms with van der Waals surface area (Å²) in [5.41, 5.74) is 11.8. The number of hydrogen-bond donors (Lipinski definition) is 0. The molecule has 0 spiro atoms. The van der Waals surface area contributed by atoms with Crippen LogP contribution in [0.5, 0.6) is 0 Å². The van der Waals surface area contributed by atoms with Crippen LogP contribution in [-0.2, 0) is 0 Å². The van der Waals surface area contributed by atoms with Gasteiger partial charge in [-0.25, -0.2) is 0 Å². The topological polar surface area (TPSA) is 11.4 Å². The fourth-order valence-electron chi connectivity index (χ4n) is 11.2. The predicted octanol–water partition coefficient (Wildman–Crippen LogP) is 18.3. The Morgan fingerprint density at radius 1 is 0.412 bits per heavy atom. The Balaban J connectivity index is 0.932. The Hall–Kier alpha value is -8.44. The zero-order valence-electron chi connectivity index (χ0n) is 37.1. The maximum Gasteiger partial charge on any atom is 0.0548 e. The average molecular weight is 886 g/mol. The number of para-hydroxylation sites is 3. The van der Waals surface area contributed by atoms with Crippen molar-refractivity contribution in [1.82, 2.24) is 4.57 Å². The Labute approximate surface area is 398 Å². The highest BCUT2D eigenvalue weighted by atomic mass is 32.1. The van der Waals surface area contributed by atoms with Crippen molar-refractivity contribution in [2.24, 2.45) is 0 Å². The summed E-state index contributed by atoms with van der Waals surface area (Å²) >= 11 is 1.88. The van der Waals surface area contributed by atoms with Crippen LogP contribution in [0.1, 0.15) is 17.9 Å². The Morgan fingerprint density at radius 2 is 1.06 bits per heavy atom. The maximum atomic E-state index is 2.50. The van der Waals surface area contributed by atoms with Gasteiger partial charge in [-0.1, -0.05) is 146 Å². The lowest BCUT2D eigenvalue weighted by atomic mass is 9.87. The van der Waals surface area contributed by atoms with Gasteiger partial charge >= 0.3 is 0 Å². The van der Waals surface area contributed by atoms with Crippen LogP contribution in [-0.4, -0.2) is 4.57 Å². The van der Waals surface area contributed by atoms with Crippen molar-refractivity contribution in [1.29, 1.82) is 0 Å². The molecule has 0 amide bonds. The zero-order valence-corrected chi connectivity index (χ0v) is 37.9. The van der Waals surface area contributed by atoms with Crippen molar-refractivity contribution >= 4 is 114 Å². The van der Waals surface area contributed by atoms with Crippen LogP contribution in [0.15, 0.2) is 248 Å². The third-order valence-corrected chi connectivity index (χ3v) is 15.3. The molecule has 4 heteroatoms. The quantitative estimate of drug-likeness (QED) is 0.141. The van der Waals surface area contributed by atoms with Crippen molar-refractivity contribution in [3.63, 3.8) is 0 Å². The van der Waals surface area contributed by atoms with E-state index in [2.05, 4.69) is 257 Å². The van der Waals surface area contributed by atoms with Gasteiger partial charge < -0.3 is 14.4 Å². The van der Waals surface area contributed by atoms with Gasteiger partial charge in [0.15, 0.2) is 0 Å². The number of allylic oxidation sites excluding steroid dienone is 4. The van der Waals surface area contributed by atoms with Crippen molar-refractivity contribution in [3.05, 3.63) is 254 Å². The highest BCUT2D eigenvalue weighted by Crippen LogP contribution is 2.48. The third-order valence-electron chi connectivity index (χ3n) is 14.2. The van der Waals surface area contributed by atoms with Crippen molar-refractivity contribution in [3.8, 4) is 5.69 Å². The van der Waals surface area contributed by atoms with Crippen LogP contribution < -0.4 is 9.80 Å². The Morgan fingerprint density at radius 3 is 1.87 bits per heavy atom. The fraction of sp³-hybridized carbons (Fsp3) is 0.0312. The predicted molar refractivity (Wildman–Crippen MR) is 292 cm³/mol. The van der Waals surface area contributed by atoms with Crippen LogP contribution >= 0.6 is 11.3 Å². The van der Waals surface area contributed by atoms with Crippen LogP contribution in [0, 0.1) is 0 Å². The molecule has 2 heterocycles. The molecule has 0 N–H and O–H groups in total. The van der Waals surface area contributed by atoms with Gasteiger partial charge in [-0.15, -0.1) is 11.3 Å². The van der Waals surface area contributed by atoms with Crippen molar-refractivity contribution < 1.29 is 0 Å². The van der Waals surface area contributed by atoms with Gasteiger partial charge in [0.25, 0.3) is 0 Å². The lowest BCUT2D eigenvalue weighted by Gasteiger charge is -2.35. The number of hydrogen-bond acceptors (Lipinski definition) is 3. The molecule has 0 radical (unpaired) electrons. The van der Waals surface area contributed by atoms with E-state index in [0.717, 1.165) is 34.9 Å². The highest BCUT2D eigenvalue weighted by molar-refractivity contribution is 7.25. The smallest absolute Gasteiger partial charge is 0.0548 e. The Bertz CT molecular complexity index is 4110. The number of thiophene rings is 1. The highest BCUT2D eigenvalue weighted by Gasteiger charge is 2.28. The minimum Gasteiger partial charge on any atom is -0.314 e. The van der Waals surface area contributed by atoms with Crippen molar-refractivity contribution in [2.75, 3.05) is 9.80 Å². The van der Waals surface area contributed by atoms with Gasteiger partial charge in [-0.3, -0.25) is 0 Å². The minimum absolute atomic E-state index is 0.0821. The van der Waals surface area contributed by atoms with Gasteiger partial charge in [0.05, 0.1) is 16.7 Å². The molecular weight excluding hydrogens is 843 g/mol. The number of benzene rings is 11. The number of nitrogens with zero attached hydrogens (tertiary/aromatic N) is 3. The average Bonchev–Trinajstić information content (AvgIpc) is 3.93. The first-order valence-corrected chi connectivity index (χ1v) is 24.3. The minimum atomic E-state index is 0.0821. The second kappa shape index (κ2) is 15.6. The fourth-order valence-corrected chi connectivity index (χ4v) is 12.3. The van der Waals surface area contributed by atoms with Gasteiger partial charge in [0, 0.05) is 76.4 Å². The van der Waals surface area contributed by atoms with E-state index < -0.39 is 0 Å². The van der Waals surface area contributed by atoms with Crippen LogP contribution in [0.4, 0.5) is 28.4 Å². The molecule has 1 unspecified atom stereocenters. The molecule has 0 fully saturated rings. The molecule has 3 nitrogen and oxygen atoms in total. The number of rotatable bonds is 8. The number of fused-ring (bicyclic) bond motifs is 6. The van der Waals surface area contributed by atoms with Crippen molar-refractivity contribution in [2.45, 2.75) is 12.3 Å². The van der Waals surface area contributed by atoms with Crippen LogP contribution in [0.2, 0.25) is 0 Å². The first kappa shape index (κ1) is 38.8. The summed E-state index contributed by atoms with van der Waals surface area (Å²) in [6.07, 6.45) is 7.78. The third kappa shape index (κ3) is 6.11. The summed E-state index contributed by atoms with van der Waals surface area (Å²) in [5.74, 6) is 0.0821. The SMILES string of the molecule is C1=CCC(c2cccc(N(c3ccccc3)c3ccc4ccc5cccc6ccc3c4c56)c2)C(N(c2ccccc2)c2ccc3c(c2)c2cc4sc5ccccc5c4cc2n3-c2ccccc2)=C1. The van der Waals surface area contributed by atoms with E-state index in [9.17, 15) is 0 Å². The molecule has 13 aromatic rings. The monoisotopic (exact) mass is 885 g/mol. The van der Waals surface area contributed by atoms with E-state index in [4.69, 9.17) is 0 Å². The van der Waals surface area contributed by atoms with E-state index in [1.807, 2.05) is 11.3 Å². The van der Waals surface area contributed by atoms with Gasteiger partial charge in [-0.2, -0.15) is 0 Å². The van der Waals surface area contributed by atoms with Crippen LogP contribution in [0.25, 0.3) is 80.0 Å². The summed E-state index contributed by atoms with van der Waals surface area (Å²) < 4.78 is 5.07. The first-order valence-electron chi connectivity index (χ1n) is 23.5.